The minimum absolute atomic E-state index is 0.179. The number of anilines is 1. The molecular formula is C17H15N5O2S2. The Morgan fingerprint density at radius 2 is 1.88 bits per heavy atom. The second-order valence-corrected chi connectivity index (χ2v) is 8.39. The van der Waals surface area contributed by atoms with Crippen molar-refractivity contribution in [3.05, 3.63) is 54.0 Å². The highest BCUT2D eigenvalue weighted by atomic mass is 32.2. The minimum atomic E-state index is -3.70. The van der Waals surface area contributed by atoms with Gasteiger partial charge in [-0.15, -0.1) is 0 Å². The Labute approximate surface area is 154 Å². The zero-order valence-corrected chi connectivity index (χ0v) is 15.6. The molecule has 0 aliphatic rings. The predicted octanol–water partition coefficient (Wildman–Crippen LogP) is 3.50. The van der Waals surface area contributed by atoms with Gasteiger partial charge in [0, 0.05) is 17.4 Å². The van der Waals surface area contributed by atoms with E-state index in [0.29, 0.717) is 17.1 Å². The molecule has 4 aromatic rings. The maximum absolute atomic E-state index is 12.6. The van der Waals surface area contributed by atoms with Crippen LogP contribution in [0.25, 0.3) is 20.9 Å². The van der Waals surface area contributed by atoms with Crippen molar-refractivity contribution in [3.8, 4) is 10.6 Å². The van der Waals surface area contributed by atoms with Gasteiger partial charge >= 0.3 is 0 Å². The molecule has 1 aromatic carbocycles. The fourth-order valence-electron chi connectivity index (χ4n) is 2.72. The number of hydrogen-bond acceptors (Lipinski definition) is 6. The first kappa shape index (κ1) is 16.7. The van der Waals surface area contributed by atoms with E-state index in [9.17, 15) is 8.42 Å². The molecule has 7 nitrogen and oxygen atoms in total. The Balaban J connectivity index is 1.62. The molecule has 0 amide bonds. The third kappa shape index (κ3) is 2.95. The molecule has 3 heterocycles. The number of nitrogens with zero attached hydrogens (tertiary/aromatic N) is 3. The van der Waals surface area contributed by atoms with Crippen LogP contribution in [-0.2, 0) is 10.0 Å². The number of nitrogens with one attached hydrogen (secondary N) is 2. The molecule has 0 radical (unpaired) electrons. The molecule has 0 saturated heterocycles. The third-order valence-electron chi connectivity index (χ3n) is 3.88. The summed E-state index contributed by atoms with van der Waals surface area (Å²) in [6, 6.07) is 10.9. The number of aromatic amines is 1. The molecule has 4 rings (SSSR count). The number of H-pyrrole nitrogens is 1. The summed E-state index contributed by atoms with van der Waals surface area (Å²) in [5.74, 6) is 0. The van der Waals surface area contributed by atoms with E-state index in [-0.39, 0.29) is 4.90 Å². The van der Waals surface area contributed by atoms with Gasteiger partial charge in [0.2, 0.25) is 0 Å². The van der Waals surface area contributed by atoms with Crippen LogP contribution < -0.4 is 4.72 Å². The van der Waals surface area contributed by atoms with E-state index in [4.69, 9.17) is 0 Å². The Hall–Kier alpha value is -2.78. The first-order valence-electron chi connectivity index (χ1n) is 7.80. The molecule has 2 N–H and O–H groups in total. The van der Waals surface area contributed by atoms with Crippen LogP contribution in [0.15, 0.2) is 47.5 Å². The molecule has 0 spiro atoms. The van der Waals surface area contributed by atoms with Gasteiger partial charge in [-0.05, 0) is 50.2 Å². The van der Waals surface area contributed by atoms with Crippen molar-refractivity contribution < 1.29 is 8.42 Å². The van der Waals surface area contributed by atoms with Gasteiger partial charge in [0.1, 0.15) is 20.3 Å². The van der Waals surface area contributed by atoms with Crippen LogP contribution in [0.4, 0.5) is 5.69 Å². The number of pyridine rings is 1. The summed E-state index contributed by atoms with van der Waals surface area (Å²) in [7, 11) is -3.70. The third-order valence-corrected chi connectivity index (χ3v) is 6.55. The van der Waals surface area contributed by atoms with Gasteiger partial charge in [-0.1, -0.05) is 11.3 Å². The molecule has 0 fully saturated rings. The van der Waals surface area contributed by atoms with Crippen molar-refractivity contribution in [1.82, 2.24) is 20.2 Å². The fraction of sp³-hybridized carbons (Fsp3) is 0.118. The van der Waals surface area contributed by atoms with Crippen LogP contribution in [0.2, 0.25) is 0 Å². The quantitative estimate of drug-likeness (QED) is 0.560. The fourth-order valence-corrected chi connectivity index (χ4v) is 5.06. The molecule has 0 bridgehead atoms. The summed E-state index contributed by atoms with van der Waals surface area (Å²) in [5, 5.41) is 7.47. The molecule has 3 aromatic heterocycles. The molecule has 0 unspecified atom stereocenters. The zero-order valence-electron chi connectivity index (χ0n) is 14.0. The van der Waals surface area contributed by atoms with E-state index in [1.807, 2.05) is 24.3 Å². The van der Waals surface area contributed by atoms with Crippen LogP contribution >= 0.6 is 11.3 Å². The van der Waals surface area contributed by atoms with E-state index in [1.165, 1.54) is 11.3 Å². The number of hydrogen-bond donors (Lipinski definition) is 2. The lowest BCUT2D eigenvalue weighted by atomic mass is 10.2. The molecule has 0 aliphatic carbocycles. The Morgan fingerprint density at radius 3 is 2.54 bits per heavy atom. The number of rotatable bonds is 4. The van der Waals surface area contributed by atoms with Gasteiger partial charge in [0.15, 0.2) is 0 Å². The van der Waals surface area contributed by atoms with Crippen molar-refractivity contribution in [2.75, 3.05) is 4.72 Å². The molecule has 0 saturated carbocycles. The normalized spacial score (nSPS) is 11.8. The van der Waals surface area contributed by atoms with E-state index in [1.54, 1.807) is 32.2 Å². The lowest BCUT2D eigenvalue weighted by Crippen LogP contribution is -2.14. The van der Waals surface area contributed by atoms with Gasteiger partial charge in [0.25, 0.3) is 10.0 Å². The van der Waals surface area contributed by atoms with Gasteiger partial charge in [-0.2, -0.15) is 5.10 Å². The lowest BCUT2D eigenvalue weighted by molar-refractivity contribution is 0.600. The Kier molecular flexibility index (Phi) is 3.97. The monoisotopic (exact) mass is 385 g/mol. The lowest BCUT2D eigenvalue weighted by Gasteiger charge is -2.08. The first-order chi connectivity index (χ1) is 12.4. The van der Waals surface area contributed by atoms with Crippen molar-refractivity contribution in [3.63, 3.8) is 0 Å². The predicted molar refractivity (Wildman–Crippen MR) is 102 cm³/mol. The summed E-state index contributed by atoms with van der Waals surface area (Å²) in [5.41, 5.74) is 3.19. The second kappa shape index (κ2) is 6.19. The standard InChI is InChI=1S/C17H15N5O2S2/c1-10-15(11(2)21-20-10)26(23,24)22-13-7-5-12(6-8-13)16-19-14-4-3-9-18-17(14)25-16/h3-9,22H,1-2H3,(H,20,21). The SMILES string of the molecule is Cc1n[nH]c(C)c1S(=O)(=O)Nc1ccc(-c2nc3cccnc3s2)cc1. The van der Waals surface area contributed by atoms with Gasteiger partial charge in [-0.25, -0.2) is 18.4 Å². The number of thiazole rings is 1. The average Bonchev–Trinajstić information content (AvgIpc) is 3.18. The molecular weight excluding hydrogens is 370 g/mol. The smallest absolute Gasteiger partial charge is 0.265 e. The highest BCUT2D eigenvalue weighted by Crippen LogP contribution is 2.30. The topological polar surface area (TPSA) is 101 Å². The van der Waals surface area contributed by atoms with Crippen LogP contribution in [0.3, 0.4) is 0 Å². The summed E-state index contributed by atoms with van der Waals surface area (Å²) in [4.78, 5) is 9.90. The number of aryl methyl sites for hydroxylation is 2. The summed E-state index contributed by atoms with van der Waals surface area (Å²) < 4.78 is 27.8. The van der Waals surface area contributed by atoms with Gasteiger partial charge in [0.05, 0.1) is 11.4 Å². The van der Waals surface area contributed by atoms with Crippen molar-refractivity contribution in [2.24, 2.45) is 0 Å². The summed E-state index contributed by atoms with van der Waals surface area (Å²) in [6.45, 7) is 3.33. The average molecular weight is 385 g/mol. The van der Waals surface area contributed by atoms with Crippen molar-refractivity contribution in [1.29, 1.82) is 0 Å². The van der Waals surface area contributed by atoms with Crippen LogP contribution in [0, 0.1) is 13.8 Å². The summed E-state index contributed by atoms with van der Waals surface area (Å²) in [6.07, 6.45) is 1.74. The van der Waals surface area contributed by atoms with E-state index < -0.39 is 10.0 Å². The minimum Gasteiger partial charge on any atom is -0.281 e. The largest absolute Gasteiger partial charge is 0.281 e. The van der Waals surface area contributed by atoms with Crippen molar-refractivity contribution in [2.45, 2.75) is 18.7 Å². The summed E-state index contributed by atoms with van der Waals surface area (Å²) >= 11 is 1.50. The molecule has 0 atom stereocenters. The zero-order chi connectivity index (χ0) is 18.3. The molecule has 26 heavy (non-hydrogen) atoms. The van der Waals surface area contributed by atoms with E-state index >= 15 is 0 Å². The van der Waals surface area contributed by atoms with Gasteiger partial charge < -0.3 is 0 Å². The van der Waals surface area contributed by atoms with Crippen LogP contribution in [0.5, 0.6) is 0 Å². The van der Waals surface area contributed by atoms with Crippen LogP contribution in [-0.4, -0.2) is 28.6 Å². The Bertz CT molecular complexity index is 1140. The number of sulfonamides is 1. The van der Waals surface area contributed by atoms with Crippen molar-refractivity contribution >= 4 is 37.4 Å². The van der Waals surface area contributed by atoms with Crippen LogP contribution in [0.1, 0.15) is 11.4 Å². The molecule has 0 aliphatic heterocycles. The number of benzene rings is 1. The maximum Gasteiger partial charge on any atom is 0.265 e. The molecule has 132 valence electrons. The first-order valence-corrected chi connectivity index (χ1v) is 10.1. The van der Waals surface area contributed by atoms with Gasteiger partial charge in [-0.3, -0.25) is 9.82 Å². The highest BCUT2D eigenvalue weighted by molar-refractivity contribution is 7.92. The highest BCUT2D eigenvalue weighted by Gasteiger charge is 2.22. The number of aromatic nitrogens is 4. The number of fused-ring (bicyclic) bond motifs is 1. The second-order valence-electron chi connectivity index (χ2n) is 5.79. The van der Waals surface area contributed by atoms with E-state index in [0.717, 1.165) is 20.9 Å². The van der Waals surface area contributed by atoms with E-state index in [2.05, 4.69) is 24.9 Å². The maximum atomic E-state index is 12.6. The molecule has 9 heteroatoms. The Morgan fingerprint density at radius 1 is 1.12 bits per heavy atom.